The number of aromatic nitrogens is 1. The number of nitrogens with zero attached hydrogens (tertiary/aromatic N) is 2. The third-order valence-electron chi connectivity index (χ3n) is 3.67. The van der Waals surface area contributed by atoms with Crippen LogP contribution in [0.3, 0.4) is 0 Å². The first-order valence-corrected chi connectivity index (χ1v) is 6.74. The van der Waals surface area contributed by atoms with Gasteiger partial charge in [-0.3, -0.25) is 0 Å². The summed E-state index contributed by atoms with van der Waals surface area (Å²) in [5, 5.41) is 15.6. The van der Waals surface area contributed by atoms with E-state index in [1.807, 2.05) is 14.0 Å². The van der Waals surface area contributed by atoms with Gasteiger partial charge in [-0.15, -0.1) is 0 Å². The zero-order valence-electron chi connectivity index (χ0n) is 12.3. The molecular formula is C14H16N4O2S. The number of carbonyl (C=O) groups excluding carboxylic acids is 1. The van der Waals surface area contributed by atoms with Crippen LogP contribution in [0.5, 0.6) is 0 Å². The second kappa shape index (κ2) is 5.58. The van der Waals surface area contributed by atoms with Crippen LogP contribution < -0.4 is 10.6 Å². The fourth-order valence-corrected chi connectivity index (χ4v) is 2.70. The molecule has 1 aromatic heterocycles. The van der Waals surface area contributed by atoms with Crippen molar-refractivity contribution in [1.82, 2.24) is 15.2 Å². The molecule has 7 heteroatoms. The van der Waals surface area contributed by atoms with E-state index in [1.165, 1.54) is 7.11 Å². The summed E-state index contributed by atoms with van der Waals surface area (Å²) in [5.41, 5.74) is 3.36. The molecule has 1 aliphatic heterocycles. The molecule has 21 heavy (non-hydrogen) atoms. The van der Waals surface area contributed by atoms with Gasteiger partial charge in [0, 0.05) is 24.0 Å². The molecule has 2 N–H and O–H groups in total. The van der Waals surface area contributed by atoms with Crippen LogP contribution >= 0.6 is 12.2 Å². The maximum atomic E-state index is 12.1. The number of ether oxygens (including phenoxy) is 1. The van der Waals surface area contributed by atoms with Crippen LogP contribution in [-0.2, 0) is 16.6 Å². The van der Waals surface area contributed by atoms with Crippen molar-refractivity contribution in [2.24, 2.45) is 7.05 Å². The quantitative estimate of drug-likeness (QED) is 0.631. The van der Waals surface area contributed by atoms with E-state index in [4.69, 9.17) is 22.2 Å². The first-order valence-electron chi connectivity index (χ1n) is 6.33. The van der Waals surface area contributed by atoms with Crippen molar-refractivity contribution < 1.29 is 9.53 Å². The van der Waals surface area contributed by atoms with Crippen molar-refractivity contribution in [2.75, 3.05) is 7.11 Å². The highest BCUT2D eigenvalue weighted by Crippen LogP contribution is 2.31. The van der Waals surface area contributed by atoms with E-state index >= 15 is 0 Å². The van der Waals surface area contributed by atoms with Crippen molar-refractivity contribution >= 4 is 23.3 Å². The van der Waals surface area contributed by atoms with E-state index in [9.17, 15) is 4.79 Å². The van der Waals surface area contributed by atoms with Crippen LogP contribution in [0, 0.1) is 18.3 Å². The van der Waals surface area contributed by atoms with Crippen LogP contribution in [0.15, 0.2) is 17.3 Å². The SMILES string of the molecule is COC(=O)C1=C(C)NC(=S)N[C@@H]1c1cc(C#N)n(C)c1C. The zero-order chi connectivity index (χ0) is 15.7. The van der Waals surface area contributed by atoms with E-state index in [0.29, 0.717) is 22.1 Å². The molecule has 0 saturated heterocycles. The Morgan fingerprint density at radius 1 is 1.52 bits per heavy atom. The van der Waals surface area contributed by atoms with E-state index < -0.39 is 12.0 Å². The fourth-order valence-electron chi connectivity index (χ4n) is 2.43. The Morgan fingerprint density at radius 2 is 2.19 bits per heavy atom. The Labute approximate surface area is 128 Å². The first kappa shape index (κ1) is 15.1. The topological polar surface area (TPSA) is 79.1 Å². The molecule has 1 aromatic rings. The van der Waals surface area contributed by atoms with E-state index in [-0.39, 0.29) is 0 Å². The van der Waals surface area contributed by atoms with Gasteiger partial charge in [-0.2, -0.15) is 5.26 Å². The number of nitrogens with one attached hydrogen (secondary N) is 2. The number of methoxy groups -OCH3 is 1. The minimum absolute atomic E-state index is 0.429. The minimum Gasteiger partial charge on any atom is -0.466 e. The zero-order valence-corrected chi connectivity index (χ0v) is 13.1. The number of thiocarbonyl (C=S) groups is 1. The van der Waals surface area contributed by atoms with Crippen LogP contribution in [0.2, 0.25) is 0 Å². The third-order valence-corrected chi connectivity index (χ3v) is 3.89. The van der Waals surface area contributed by atoms with Crippen LogP contribution in [0.1, 0.15) is 29.9 Å². The van der Waals surface area contributed by atoms with E-state index in [2.05, 4.69) is 16.7 Å². The molecule has 0 bridgehead atoms. The highest BCUT2D eigenvalue weighted by Gasteiger charge is 2.32. The van der Waals surface area contributed by atoms with Crippen LogP contribution in [-0.4, -0.2) is 22.8 Å². The summed E-state index contributed by atoms with van der Waals surface area (Å²) in [6, 6.07) is 3.46. The Kier molecular flexibility index (Phi) is 4.00. The molecule has 1 atom stereocenters. The molecular weight excluding hydrogens is 288 g/mol. The van der Waals surface area contributed by atoms with Crippen molar-refractivity contribution in [3.8, 4) is 6.07 Å². The normalized spacial score (nSPS) is 17.9. The Balaban J connectivity index is 2.60. The number of hydrogen-bond acceptors (Lipinski definition) is 4. The second-order valence-corrected chi connectivity index (χ2v) is 5.21. The molecule has 0 amide bonds. The lowest BCUT2D eigenvalue weighted by molar-refractivity contribution is -0.136. The van der Waals surface area contributed by atoms with Gasteiger partial charge < -0.3 is 19.9 Å². The number of rotatable bonds is 2. The number of carbonyl (C=O) groups is 1. The van der Waals surface area contributed by atoms with Gasteiger partial charge in [-0.1, -0.05) is 0 Å². The largest absolute Gasteiger partial charge is 0.466 e. The lowest BCUT2D eigenvalue weighted by Gasteiger charge is -2.29. The highest BCUT2D eigenvalue weighted by molar-refractivity contribution is 7.80. The van der Waals surface area contributed by atoms with Gasteiger partial charge in [0.1, 0.15) is 11.8 Å². The molecule has 0 saturated carbocycles. The summed E-state index contributed by atoms with van der Waals surface area (Å²) in [7, 11) is 3.15. The number of esters is 1. The first-order chi connectivity index (χ1) is 9.90. The lowest BCUT2D eigenvalue weighted by atomic mass is 9.96. The maximum Gasteiger partial charge on any atom is 0.337 e. The van der Waals surface area contributed by atoms with Gasteiger partial charge in [-0.25, -0.2) is 4.79 Å². The fraction of sp³-hybridized carbons (Fsp3) is 0.357. The number of allylic oxidation sites excluding steroid dienone is 1. The van der Waals surface area contributed by atoms with Crippen molar-refractivity contribution in [3.63, 3.8) is 0 Å². The van der Waals surface area contributed by atoms with Crippen LogP contribution in [0.4, 0.5) is 0 Å². The molecule has 0 spiro atoms. The average Bonchev–Trinajstić information content (AvgIpc) is 2.73. The molecule has 6 nitrogen and oxygen atoms in total. The van der Waals surface area contributed by atoms with Gasteiger partial charge in [-0.05, 0) is 32.1 Å². The van der Waals surface area contributed by atoms with Crippen molar-refractivity contribution in [2.45, 2.75) is 19.9 Å². The highest BCUT2D eigenvalue weighted by atomic mass is 32.1. The van der Waals surface area contributed by atoms with Gasteiger partial charge in [0.25, 0.3) is 0 Å². The van der Waals surface area contributed by atoms with Crippen molar-refractivity contribution in [1.29, 1.82) is 5.26 Å². The molecule has 2 rings (SSSR count). The smallest absolute Gasteiger partial charge is 0.337 e. The van der Waals surface area contributed by atoms with Gasteiger partial charge >= 0.3 is 5.97 Å². The van der Waals surface area contributed by atoms with Gasteiger partial charge in [0.05, 0.1) is 18.7 Å². The Morgan fingerprint density at radius 3 is 2.71 bits per heavy atom. The molecule has 0 fully saturated rings. The van der Waals surface area contributed by atoms with E-state index in [1.54, 1.807) is 17.6 Å². The summed E-state index contributed by atoms with van der Waals surface area (Å²) in [6.07, 6.45) is 0. The standard InChI is InChI=1S/C14H16N4O2S/c1-7-11(13(19)20-4)12(17-14(21)16-7)10-5-9(6-15)18(3)8(10)2/h5,12H,1-4H3,(H2,16,17,21)/t12-/m1/s1. The predicted molar refractivity (Wildman–Crippen MR) is 81.2 cm³/mol. The summed E-state index contributed by atoms with van der Waals surface area (Å²) >= 11 is 5.17. The molecule has 0 unspecified atom stereocenters. The van der Waals surface area contributed by atoms with Crippen LogP contribution in [0.25, 0.3) is 0 Å². The molecule has 0 radical (unpaired) electrons. The van der Waals surface area contributed by atoms with Gasteiger partial charge in [0.15, 0.2) is 5.11 Å². The van der Waals surface area contributed by atoms with E-state index in [0.717, 1.165) is 11.3 Å². The average molecular weight is 304 g/mol. The third kappa shape index (κ3) is 2.50. The van der Waals surface area contributed by atoms with Gasteiger partial charge in [0.2, 0.25) is 0 Å². The summed E-state index contributed by atoms with van der Waals surface area (Å²) in [4.78, 5) is 12.1. The maximum absolute atomic E-state index is 12.1. The summed E-state index contributed by atoms with van der Waals surface area (Å²) in [6.45, 7) is 3.67. The molecule has 0 aliphatic carbocycles. The molecule has 0 aromatic carbocycles. The molecule has 2 heterocycles. The second-order valence-electron chi connectivity index (χ2n) is 4.80. The molecule has 1 aliphatic rings. The predicted octanol–water partition coefficient (Wildman–Crippen LogP) is 1.17. The lowest BCUT2D eigenvalue weighted by Crippen LogP contribution is -2.45. The number of hydrogen-bond donors (Lipinski definition) is 2. The Hall–Kier alpha value is -2.33. The Bertz CT molecular complexity index is 697. The summed E-state index contributed by atoms with van der Waals surface area (Å²) in [5.74, 6) is -0.429. The van der Waals surface area contributed by atoms with Crippen molar-refractivity contribution in [3.05, 3.63) is 34.3 Å². The minimum atomic E-state index is -0.431. The number of nitriles is 1. The molecule has 110 valence electrons. The monoisotopic (exact) mass is 304 g/mol. The summed E-state index contributed by atoms with van der Waals surface area (Å²) < 4.78 is 6.64.